The Balaban J connectivity index is 2.40. The van der Waals surface area contributed by atoms with Gasteiger partial charge in [0.1, 0.15) is 0 Å². The summed E-state index contributed by atoms with van der Waals surface area (Å²) in [6.45, 7) is 1.67. The Morgan fingerprint density at radius 3 is 2.09 bits per heavy atom. The summed E-state index contributed by atoms with van der Waals surface area (Å²) >= 11 is 0. The fraction of sp³-hybridized carbons (Fsp3) is 0.235. The summed E-state index contributed by atoms with van der Waals surface area (Å²) in [7, 11) is 4.43. The number of carbonyl (C=O) groups excluding carboxylic acids is 2. The lowest BCUT2D eigenvalue weighted by molar-refractivity contribution is -0.111. The predicted octanol–water partition coefficient (Wildman–Crippen LogP) is 2.38. The predicted molar refractivity (Wildman–Crippen MR) is 85.8 cm³/mol. The van der Waals surface area contributed by atoms with Gasteiger partial charge in [0.25, 0.3) is 5.91 Å². The van der Waals surface area contributed by atoms with Crippen molar-refractivity contribution < 1.29 is 23.8 Å². The Kier molecular flexibility index (Phi) is 4.95. The molecule has 6 nitrogen and oxygen atoms in total. The first kappa shape index (κ1) is 16.5. The quantitative estimate of drug-likeness (QED) is 0.798. The lowest BCUT2D eigenvalue weighted by atomic mass is 10.1. The van der Waals surface area contributed by atoms with Gasteiger partial charge in [0, 0.05) is 5.56 Å². The molecule has 0 spiro atoms. The highest BCUT2D eigenvalue weighted by Gasteiger charge is 2.17. The third-order valence-electron chi connectivity index (χ3n) is 3.30. The fourth-order valence-corrected chi connectivity index (χ4v) is 2.09. The zero-order valence-corrected chi connectivity index (χ0v) is 13.4. The minimum absolute atomic E-state index is 0.0933. The topological polar surface area (TPSA) is 74.2 Å². The van der Waals surface area contributed by atoms with Crippen molar-refractivity contribution in [2.24, 2.45) is 4.99 Å². The average molecular weight is 315 g/mol. The molecule has 2 rings (SSSR count). The Labute approximate surface area is 134 Å². The van der Waals surface area contributed by atoms with E-state index in [1.165, 1.54) is 45.6 Å². The minimum atomic E-state index is -0.470. The number of hydrogen-bond acceptors (Lipinski definition) is 5. The Hall–Kier alpha value is -2.89. The van der Waals surface area contributed by atoms with Gasteiger partial charge in [-0.1, -0.05) is 0 Å². The standard InChI is InChI=1S/C17H17NO5/c1-10-7-12(5-6-13(10)19)18-17(20)11-8-14(21-2)16(23-4)15(9-11)22-3/h5-9H,1-4H3. The van der Waals surface area contributed by atoms with Crippen LogP contribution in [0.2, 0.25) is 0 Å². The molecule has 1 aromatic rings. The van der Waals surface area contributed by atoms with E-state index in [-0.39, 0.29) is 5.78 Å². The van der Waals surface area contributed by atoms with Gasteiger partial charge in [-0.05, 0) is 42.9 Å². The van der Waals surface area contributed by atoms with Crippen LogP contribution in [0.25, 0.3) is 0 Å². The average Bonchev–Trinajstić information content (AvgIpc) is 2.56. The molecule has 1 amide bonds. The third-order valence-corrected chi connectivity index (χ3v) is 3.30. The summed E-state index contributed by atoms with van der Waals surface area (Å²) in [6, 6.07) is 3.06. The minimum Gasteiger partial charge on any atom is -0.493 e. The van der Waals surface area contributed by atoms with Crippen LogP contribution in [0.15, 0.2) is 40.9 Å². The summed E-state index contributed by atoms with van der Waals surface area (Å²) < 4.78 is 15.6. The molecule has 0 N–H and O–H groups in total. The van der Waals surface area contributed by atoms with Crippen LogP contribution in [0.1, 0.15) is 17.3 Å². The molecular formula is C17H17NO5. The molecule has 23 heavy (non-hydrogen) atoms. The first-order chi connectivity index (χ1) is 11.0. The van der Waals surface area contributed by atoms with Gasteiger partial charge in [0.2, 0.25) is 5.75 Å². The fourth-order valence-electron chi connectivity index (χ4n) is 2.09. The number of hydrogen-bond donors (Lipinski definition) is 0. The van der Waals surface area contributed by atoms with Crippen molar-refractivity contribution in [1.29, 1.82) is 0 Å². The highest BCUT2D eigenvalue weighted by atomic mass is 16.5. The van der Waals surface area contributed by atoms with Crippen molar-refractivity contribution in [3.8, 4) is 17.2 Å². The molecule has 0 atom stereocenters. The largest absolute Gasteiger partial charge is 0.493 e. The lowest BCUT2D eigenvalue weighted by Gasteiger charge is -2.13. The van der Waals surface area contributed by atoms with Gasteiger partial charge in [0.05, 0.1) is 27.0 Å². The van der Waals surface area contributed by atoms with Crippen LogP contribution in [-0.4, -0.2) is 38.7 Å². The van der Waals surface area contributed by atoms with Gasteiger partial charge in [-0.15, -0.1) is 0 Å². The van der Waals surface area contributed by atoms with E-state index < -0.39 is 5.91 Å². The summed E-state index contributed by atoms with van der Waals surface area (Å²) in [5.41, 5.74) is 1.24. The molecule has 120 valence electrons. The van der Waals surface area contributed by atoms with Gasteiger partial charge in [0.15, 0.2) is 17.3 Å². The van der Waals surface area contributed by atoms with E-state index in [4.69, 9.17) is 14.2 Å². The maximum Gasteiger partial charge on any atom is 0.277 e. The summed E-state index contributed by atoms with van der Waals surface area (Å²) in [5.74, 6) is 0.581. The first-order valence-electron chi connectivity index (χ1n) is 6.84. The molecule has 0 saturated heterocycles. The lowest BCUT2D eigenvalue weighted by Crippen LogP contribution is -2.08. The van der Waals surface area contributed by atoms with Crippen molar-refractivity contribution in [1.82, 2.24) is 0 Å². The molecule has 0 unspecified atom stereocenters. The van der Waals surface area contributed by atoms with Crippen molar-refractivity contribution in [3.63, 3.8) is 0 Å². The van der Waals surface area contributed by atoms with Crippen LogP contribution in [0.3, 0.4) is 0 Å². The maximum absolute atomic E-state index is 12.3. The van der Waals surface area contributed by atoms with Crippen molar-refractivity contribution >= 4 is 17.4 Å². The van der Waals surface area contributed by atoms with E-state index in [0.29, 0.717) is 34.1 Å². The van der Waals surface area contributed by atoms with E-state index >= 15 is 0 Å². The molecule has 6 heteroatoms. The van der Waals surface area contributed by atoms with Crippen LogP contribution >= 0.6 is 0 Å². The van der Waals surface area contributed by atoms with Gasteiger partial charge in [-0.25, -0.2) is 4.99 Å². The number of ketones is 1. The number of allylic oxidation sites excluding steroid dienone is 4. The van der Waals surface area contributed by atoms with Crippen LogP contribution in [0.4, 0.5) is 0 Å². The highest BCUT2D eigenvalue weighted by Crippen LogP contribution is 2.38. The van der Waals surface area contributed by atoms with E-state index in [0.717, 1.165) is 0 Å². The first-order valence-corrected chi connectivity index (χ1v) is 6.84. The highest BCUT2D eigenvalue weighted by molar-refractivity contribution is 6.21. The van der Waals surface area contributed by atoms with Crippen molar-refractivity contribution in [2.45, 2.75) is 6.92 Å². The zero-order chi connectivity index (χ0) is 17.0. The molecule has 0 aliphatic heterocycles. The second kappa shape index (κ2) is 6.91. The Bertz CT molecular complexity index is 718. The molecule has 0 radical (unpaired) electrons. The van der Waals surface area contributed by atoms with Crippen LogP contribution in [-0.2, 0) is 4.79 Å². The molecule has 0 bridgehead atoms. The maximum atomic E-state index is 12.3. The van der Waals surface area contributed by atoms with E-state index in [1.54, 1.807) is 13.0 Å². The molecule has 0 heterocycles. The van der Waals surface area contributed by atoms with E-state index in [9.17, 15) is 9.59 Å². The monoisotopic (exact) mass is 315 g/mol. The van der Waals surface area contributed by atoms with Crippen molar-refractivity contribution in [3.05, 3.63) is 41.5 Å². The van der Waals surface area contributed by atoms with Gasteiger partial charge < -0.3 is 14.2 Å². The van der Waals surface area contributed by atoms with Crippen molar-refractivity contribution in [2.75, 3.05) is 21.3 Å². The van der Waals surface area contributed by atoms with E-state index in [1.807, 2.05) is 0 Å². The second-order valence-corrected chi connectivity index (χ2v) is 4.78. The van der Waals surface area contributed by atoms with Crippen LogP contribution < -0.4 is 14.2 Å². The molecule has 1 aromatic carbocycles. The summed E-state index contributed by atoms with van der Waals surface area (Å²) in [6.07, 6.45) is 4.46. The molecule has 1 aliphatic carbocycles. The molecule has 0 fully saturated rings. The normalized spacial score (nSPS) is 15.4. The number of benzene rings is 1. The number of nitrogens with zero attached hydrogens (tertiary/aromatic N) is 1. The molecule has 0 saturated carbocycles. The number of carbonyl (C=O) groups is 2. The molecule has 1 aliphatic rings. The summed E-state index contributed by atoms with van der Waals surface area (Å²) in [5, 5.41) is 0. The smallest absolute Gasteiger partial charge is 0.277 e. The van der Waals surface area contributed by atoms with Gasteiger partial charge in [-0.2, -0.15) is 0 Å². The summed E-state index contributed by atoms with van der Waals surface area (Å²) in [4.78, 5) is 27.7. The Morgan fingerprint density at radius 2 is 1.61 bits per heavy atom. The molecular weight excluding hydrogens is 298 g/mol. The SMILES string of the molecule is COc1cc(C(=O)N=C2C=CC(=O)C(C)=C2)cc(OC)c1OC. The number of amides is 1. The Morgan fingerprint density at radius 1 is 1.00 bits per heavy atom. The van der Waals surface area contributed by atoms with Gasteiger partial charge >= 0.3 is 0 Å². The number of aliphatic imine (C=N–C) groups is 1. The third kappa shape index (κ3) is 3.48. The van der Waals surface area contributed by atoms with E-state index in [2.05, 4.69) is 4.99 Å². The van der Waals surface area contributed by atoms with Crippen LogP contribution in [0, 0.1) is 0 Å². The van der Waals surface area contributed by atoms with Crippen LogP contribution in [0.5, 0.6) is 17.2 Å². The second-order valence-electron chi connectivity index (χ2n) is 4.78. The number of rotatable bonds is 4. The van der Waals surface area contributed by atoms with Gasteiger partial charge in [-0.3, -0.25) is 9.59 Å². The number of methoxy groups -OCH3 is 3. The zero-order valence-electron chi connectivity index (χ0n) is 13.4. The number of ether oxygens (including phenoxy) is 3. The molecule has 0 aromatic heterocycles.